The zero-order chi connectivity index (χ0) is 12.6. The first-order chi connectivity index (χ1) is 8.69. The highest BCUT2D eigenvalue weighted by atomic mass is 16.7. The van der Waals surface area contributed by atoms with Gasteiger partial charge in [0.25, 0.3) is 0 Å². The van der Waals surface area contributed by atoms with Gasteiger partial charge < -0.3 is 14.4 Å². The fraction of sp³-hybridized carbons (Fsp3) is 0.500. The minimum Gasteiger partial charge on any atom is -0.462 e. The molecule has 18 heavy (non-hydrogen) atoms. The van der Waals surface area contributed by atoms with Crippen molar-refractivity contribution in [2.75, 3.05) is 13.1 Å². The topological polar surface area (TPSA) is 38.8 Å². The second-order valence-corrected chi connectivity index (χ2v) is 4.92. The van der Waals surface area contributed by atoms with Gasteiger partial charge >= 0.3 is 0 Å². The summed E-state index contributed by atoms with van der Waals surface area (Å²) in [6.07, 6.45) is 1.47. The second kappa shape index (κ2) is 4.28. The van der Waals surface area contributed by atoms with Gasteiger partial charge in [0.05, 0.1) is 6.61 Å². The average Bonchev–Trinajstić information content (AvgIpc) is 2.39. The Bertz CT molecular complexity index is 464. The van der Waals surface area contributed by atoms with Gasteiger partial charge in [-0.15, -0.1) is 0 Å². The molecular weight excluding hydrogens is 230 g/mol. The highest BCUT2D eigenvalue weighted by Gasteiger charge is 2.41. The normalized spacial score (nSPS) is 21.3. The molecule has 0 radical (unpaired) electrons. The molecule has 1 aromatic carbocycles. The van der Waals surface area contributed by atoms with Crippen LogP contribution in [0.15, 0.2) is 24.3 Å². The third-order valence-corrected chi connectivity index (χ3v) is 3.73. The molecule has 0 saturated carbocycles. The number of piperidine rings is 1. The van der Waals surface area contributed by atoms with Gasteiger partial charge in [-0.2, -0.15) is 0 Å². The summed E-state index contributed by atoms with van der Waals surface area (Å²) in [5, 5.41) is 0. The molecule has 0 aromatic heterocycles. The number of rotatable bonds is 0. The van der Waals surface area contributed by atoms with Crippen molar-refractivity contribution in [1.29, 1.82) is 0 Å². The fourth-order valence-corrected chi connectivity index (χ4v) is 2.57. The predicted octanol–water partition coefficient (Wildman–Crippen LogP) is 1.93. The van der Waals surface area contributed by atoms with Gasteiger partial charge in [0.1, 0.15) is 5.75 Å². The van der Waals surface area contributed by atoms with E-state index in [2.05, 4.69) is 0 Å². The fourth-order valence-electron chi connectivity index (χ4n) is 2.57. The van der Waals surface area contributed by atoms with E-state index in [0.29, 0.717) is 19.7 Å². The van der Waals surface area contributed by atoms with Crippen molar-refractivity contribution in [2.24, 2.45) is 0 Å². The van der Waals surface area contributed by atoms with Crippen molar-refractivity contribution in [2.45, 2.75) is 32.2 Å². The van der Waals surface area contributed by atoms with E-state index in [1.807, 2.05) is 29.2 Å². The Labute approximate surface area is 106 Å². The second-order valence-electron chi connectivity index (χ2n) is 4.92. The number of carbonyl (C=O) groups excluding carboxylic acids is 1. The molecule has 1 amide bonds. The molecule has 1 spiro atoms. The Kier molecular flexibility index (Phi) is 2.74. The van der Waals surface area contributed by atoms with Crippen molar-refractivity contribution in [3.63, 3.8) is 0 Å². The van der Waals surface area contributed by atoms with Crippen LogP contribution in [0, 0.1) is 0 Å². The largest absolute Gasteiger partial charge is 0.462 e. The molecular formula is C14H17NO3. The Morgan fingerprint density at radius 1 is 1.28 bits per heavy atom. The van der Waals surface area contributed by atoms with Crippen molar-refractivity contribution < 1.29 is 14.3 Å². The molecule has 0 bridgehead atoms. The third kappa shape index (κ3) is 1.97. The first kappa shape index (κ1) is 11.5. The first-order valence-electron chi connectivity index (χ1n) is 6.35. The lowest BCUT2D eigenvalue weighted by atomic mass is 10.0. The zero-order valence-electron chi connectivity index (χ0n) is 10.5. The van der Waals surface area contributed by atoms with Crippen LogP contribution >= 0.6 is 0 Å². The minimum atomic E-state index is -0.527. The molecule has 0 N–H and O–H groups in total. The van der Waals surface area contributed by atoms with Gasteiger partial charge in [-0.25, -0.2) is 0 Å². The molecule has 1 saturated heterocycles. The zero-order valence-corrected chi connectivity index (χ0v) is 10.5. The van der Waals surface area contributed by atoms with E-state index >= 15 is 0 Å². The van der Waals surface area contributed by atoms with Crippen molar-refractivity contribution >= 4 is 5.91 Å². The third-order valence-electron chi connectivity index (χ3n) is 3.73. The molecule has 2 aliphatic heterocycles. The number of benzene rings is 1. The molecule has 0 unspecified atom stereocenters. The highest BCUT2D eigenvalue weighted by Crippen LogP contribution is 2.37. The van der Waals surface area contributed by atoms with Crippen LogP contribution in [0.5, 0.6) is 5.75 Å². The van der Waals surface area contributed by atoms with E-state index in [1.54, 1.807) is 6.92 Å². The Hall–Kier alpha value is -1.55. The van der Waals surface area contributed by atoms with Crippen molar-refractivity contribution in [1.82, 2.24) is 4.90 Å². The monoisotopic (exact) mass is 247 g/mol. The Balaban J connectivity index is 1.74. The van der Waals surface area contributed by atoms with Gasteiger partial charge in [0.2, 0.25) is 11.7 Å². The van der Waals surface area contributed by atoms with E-state index < -0.39 is 5.79 Å². The lowest BCUT2D eigenvalue weighted by Gasteiger charge is -2.43. The van der Waals surface area contributed by atoms with Gasteiger partial charge in [-0.1, -0.05) is 18.2 Å². The minimum absolute atomic E-state index is 0.126. The van der Waals surface area contributed by atoms with E-state index in [0.717, 1.165) is 24.2 Å². The van der Waals surface area contributed by atoms with Crippen molar-refractivity contribution in [3.05, 3.63) is 29.8 Å². The molecule has 0 atom stereocenters. The SMILES string of the molecule is CC(=O)N1CCC2(CC1)OCc1ccccc1O2. The molecule has 1 aromatic rings. The summed E-state index contributed by atoms with van der Waals surface area (Å²) in [5.74, 6) is 0.515. The first-order valence-corrected chi connectivity index (χ1v) is 6.35. The summed E-state index contributed by atoms with van der Waals surface area (Å²) in [6.45, 7) is 3.61. The van der Waals surface area contributed by atoms with Gasteiger partial charge in [-0.3, -0.25) is 4.79 Å². The number of amides is 1. The van der Waals surface area contributed by atoms with Crippen LogP contribution in [0.1, 0.15) is 25.3 Å². The number of likely N-dealkylation sites (tertiary alicyclic amines) is 1. The number of carbonyl (C=O) groups is 1. The van der Waals surface area contributed by atoms with Crippen LogP contribution in [0.25, 0.3) is 0 Å². The summed E-state index contributed by atoms with van der Waals surface area (Å²) in [4.78, 5) is 13.2. The lowest BCUT2D eigenvalue weighted by molar-refractivity contribution is -0.227. The maximum Gasteiger partial charge on any atom is 0.219 e. The predicted molar refractivity (Wildman–Crippen MR) is 66.1 cm³/mol. The molecule has 1 fully saturated rings. The summed E-state index contributed by atoms with van der Waals surface area (Å²) >= 11 is 0. The van der Waals surface area contributed by atoms with Crippen LogP contribution in [0.4, 0.5) is 0 Å². The van der Waals surface area contributed by atoms with Gasteiger partial charge in [0, 0.05) is 38.4 Å². The number of hydrogen-bond acceptors (Lipinski definition) is 3. The summed E-state index contributed by atoms with van der Waals surface area (Å²) in [7, 11) is 0. The smallest absolute Gasteiger partial charge is 0.219 e. The van der Waals surface area contributed by atoms with E-state index in [4.69, 9.17) is 9.47 Å². The number of hydrogen-bond donors (Lipinski definition) is 0. The quantitative estimate of drug-likeness (QED) is 0.703. The van der Waals surface area contributed by atoms with E-state index in [9.17, 15) is 4.79 Å². The van der Waals surface area contributed by atoms with Gasteiger partial charge in [0.15, 0.2) is 0 Å². The molecule has 2 aliphatic rings. The lowest BCUT2D eigenvalue weighted by Crippen LogP contribution is -2.52. The summed E-state index contributed by atoms with van der Waals surface area (Å²) in [6, 6.07) is 7.97. The van der Waals surface area contributed by atoms with Crippen LogP contribution in [-0.4, -0.2) is 29.7 Å². The molecule has 2 heterocycles. The standard InChI is InChI=1S/C14H17NO3/c1-11(16)15-8-6-14(7-9-15)17-10-12-4-2-3-5-13(12)18-14/h2-5H,6-10H2,1H3. The van der Waals surface area contributed by atoms with Crippen molar-refractivity contribution in [3.8, 4) is 5.75 Å². The van der Waals surface area contributed by atoms with E-state index in [1.165, 1.54) is 0 Å². The number of para-hydroxylation sites is 1. The maximum absolute atomic E-state index is 11.3. The molecule has 96 valence electrons. The number of fused-ring (bicyclic) bond motifs is 1. The Morgan fingerprint density at radius 2 is 2.00 bits per heavy atom. The van der Waals surface area contributed by atoms with Crippen LogP contribution in [-0.2, 0) is 16.1 Å². The molecule has 4 heteroatoms. The Morgan fingerprint density at radius 3 is 2.72 bits per heavy atom. The number of ether oxygens (including phenoxy) is 2. The van der Waals surface area contributed by atoms with Crippen LogP contribution in [0.2, 0.25) is 0 Å². The average molecular weight is 247 g/mol. The molecule has 4 nitrogen and oxygen atoms in total. The maximum atomic E-state index is 11.3. The summed E-state index contributed by atoms with van der Waals surface area (Å²) < 4.78 is 11.9. The number of nitrogens with zero attached hydrogens (tertiary/aromatic N) is 1. The van der Waals surface area contributed by atoms with Gasteiger partial charge in [-0.05, 0) is 6.07 Å². The van der Waals surface area contributed by atoms with Crippen LogP contribution < -0.4 is 4.74 Å². The highest BCUT2D eigenvalue weighted by molar-refractivity contribution is 5.73. The molecule has 0 aliphatic carbocycles. The van der Waals surface area contributed by atoms with Crippen LogP contribution in [0.3, 0.4) is 0 Å². The van der Waals surface area contributed by atoms with E-state index in [-0.39, 0.29) is 5.91 Å². The molecule has 3 rings (SSSR count). The summed E-state index contributed by atoms with van der Waals surface area (Å²) in [5.41, 5.74) is 1.09.